The van der Waals surface area contributed by atoms with Crippen LogP contribution in [-0.4, -0.2) is 24.7 Å². The maximum absolute atomic E-state index is 12.8. The molecule has 3 rings (SSSR count). The van der Waals surface area contributed by atoms with E-state index in [1.54, 1.807) is 31.4 Å². The molecule has 0 aliphatic rings. The number of hydrogen-bond donors (Lipinski definition) is 0. The Labute approximate surface area is 159 Å². The average Bonchev–Trinajstić information content (AvgIpc) is 2.97. The van der Waals surface area contributed by atoms with Gasteiger partial charge in [-0.1, -0.05) is 29.0 Å². The minimum Gasteiger partial charge on any atom is -0.497 e. The molecule has 0 aliphatic carbocycles. The predicted octanol–water partition coefficient (Wildman–Crippen LogP) is 4.30. The largest absolute Gasteiger partial charge is 0.497 e. The van der Waals surface area contributed by atoms with Crippen LogP contribution in [0.1, 0.15) is 10.4 Å². The van der Waals surface area contributed by atoms with Crippen molar-refractivity contribution < 1.29 is 14.3 Å². The van der Waals surface area contributed by atoms with Gasteiger partial charge >= 0.3 is 0 Å². The average molecular weight is 389 g/mol. The van der Waals surface area contributed by atoms with Crippen LogP contribution >= 0.6 is 22.9 Å². The Bertz CT molecular complexity index is 1050. The SMILES string of the molecule is C=CCn1c(=NC(=O)c2cc(OC)ccc2OC)sc2cc(Cl)ccc21. The Balaban J connectivity index is 2.16. The van der Waals surface area contributed by atoms with Crippen LogP contribution in [0, 0.1) is 0 Å². The number of benzene rings is 2. The second kappa shape index (κ2) is 7.76. The molecule has 26 heavy (non-hydrogen) atoms. The number of ether oxygens (including phenoxy) is 2. The summed E-state index contributed by atoms with van der Waals surface area (Å²) in [4.78, 5) is 17.7. The van der Waals surface area contributed by atoms with Crippen molar-refractivity contribution in [1.82, 2.24) is 4.57 Å². The van der Waals surface area contributed by atoms with Crippen LogP contribution < -0.4 is 14.3 Å². The second-order valence-corrected chi connectivity index (χ2v) is 6.82. The van der Waals surface area contributed by atoms with Crippen LogP contribution in [0.4, 0.5) is 0 Å². The normalized spacial score (nSPS) is 11.6. The molecule has 134 valence electrons. The number of nitrogens with zero attached hydrogens (tertiary/aromatic N) is 2. The third kappa shape index (κ3) is 3.52. The van der Waals surface area contributed by atoms with Crippen molar-refractivity contribution in [2.75, 3.05) is 14.2 Å². The number of carbonyl (C=O) groups is 1. The van der Waals surface area contributed by atoms with Gasteiger partial charge in [-0.05, 0) is 36.4 Å². The smallest absolute Gasteiger partial charge is 0.283 e. The van der Waals surface area contributed by atoms with E-state index in [1.807, 2.05) is 22.8 Å². The van der Waals surface area contributed by atoms with Crippen LogP contribution in [-0.2, 0) is 6.54 Å². The van der Waals surface area contributed by atoms with Crippen molar-refractivity contribution in [1.29, 1.82) is 0 Å². The van der Waals surface area contributed by atoms with E-state index >= 15 is 0 Å². The summed E-state index contributed by atoms with van der Waals surface area (Å²) in [6.07, 6.45) is 1.76. The monoisotopic (exact) mass is 388 g/mol. The molecule has 5 nitrogen and oxygen atoms in total. The molecular weight excluding hydrogens is 372 g/mol. The number of carbonyl (C=O) groups excluding carboxylic acids is 1. The summed E-state index contributed by atoms with van der Waals surface area (Å²) in [7, 11) is 3.05. The fourth-order valence-corrected chi connectivity index (χ4v) is 3.88. The van der Waals surface area contributed by atoms with E-state index in [-0.39, 0.29) is 0 Å². The first-order chi connectivity index (χ1) is 12.6. The summed E-state index contributed by atoms with van der Waals surface area (Å²) in [6.45, 7) is 4.31. The molecule has 7 heteroatoms. The first-order valence-corrected chi connectivity index (χ1v) is 8.97. The quantitative estimate of drug-likeness (QED) is 0.612. The topological polar surface area (TPSA) is 52.8 Å². The standard InChI is InChI=1S/C19H17ClN2O3S/c1-4-9-22-15-7-5-12(20)10-17(15)26-19(22)21-18(23)14-11-13(24-2)6-8-16(14)25-3/h4-8,10-11H,1,9H2,2-3H3. The summed E-state index contributed by atoms with van der Waals surface area (Å²) in [6, 6.07) is 10.6. The molecule has 0 N–H and O–H groups in total. The Morgan fingerprint density at radius 2 is 2.08 bits per heavy atom. The Morgan fingerprint density at radius 3 is 2.77 bits per heavy atom. The lowest BCUT2D eigenvalue weighted by atomic mass is 10.2. The molecule has 3 aromatic rings. The molecule has 1 heterocycles. The van der Waals surface area contributed by atoms with Gasteiger partial charge in [-0.3, -0.25) is 4.79 Å². The van der Waals surface area contributed by atoms with Crippen LogP contribution in [0.5, 0.6) is 11.5 Å². The maximum atomic E-state index is 12.8. The van der Waals surface area contributed by atoms with E-state index in [9.17, 15) is 4.79 Å². The van der Waals surface area contributed by atoms with Gasteiger partial charge in [0.1, 0.15) is 11.5 Å². The molecule has 0 spiro atoms. The molecule has 2 aromatic carbocycles. The van der Waals surface area contributed by atoms with Crippen molar-refractivity contribution in [3.63, 3.8) is 0 Å². The van der Waals surface area contributed by atoms with Crippen LogP contribution in [0.25, 0.3) is 10.2 Å². The van der Waals surface area contributed by atoms with Gasteiger partial charge in [0.15, 0.2) is 4.80 Å². The van der Waals surface area contributed by atoms with Gasteiger partial charge in [0.2, 0.25) is 0 Å². The van der Waals surface area contributed by atoms with Gasteiger partial charge in [-0.15, -0.1) is 6.58 Å². The zero-order valence-electron chi connectivity index (χ0n) is 14.4. The van der Waals surface area contributed by atoms with Gasteiger partial charge in [-0.25, -0.2) is 0 Å². The highest BCUT2D eigenvalue weighted by Gasteiger charge is 2.14. The Hall–Kier alpha value is -2.57. The summed E-state index contributed by atoms with van der Waals surface area (Å²) in [5.41, 5.74) is 1.29. The molecule has 1 amide bonds. The highest BCUT2D eigenvalue weighted by atomic mass is 35.5. The third-order valence-corrected chi connectivity index (χ3v) is 5.07. The summed E-state index contributed by atoms with van der Waals surface area (Å²) in [5, 5.41) is 0.636. The number of amides is 1. The first kappa shape index (κ1) is 18.2. The molecule has 0 fully saturated rings. The highest BCUT2D eigenvalue weighted by molar-refractivity contribution is 7.16. The maximum Gasteiger partial charge on any atom is 0.283 e. The first-order valence-electron chi connectivity index (χ1n) is 7.78. The third-order valence-electron chi connectivity index (χ3n) is 3.79. The van der Waals surface area contributed by atoms with Crippen molar-refractivity contribution in [3.05, 3.63) is 64.4 Å². The van der Waals surface area contributed by atoms with Crippen LogP contribution in [0.15, 0.2) is 54.0 Å². The van der Waals surface area contributed by atoms with E-state index in [0.29, 0.717) is 33.4 Å². The fourth-order valence-electron chi connectivity index (χ4n) is 2.57. The molecule has 0 aliphatic heterocycles. The van der Waals surface area contributed by atoms with Gasteiger partial charge in [-0.2, -0.15) is 4.99 Å². The minimum absolute atomic E-state index is 0.340. The number of aromatic nitrogens is 1. The van der Waals surface area contributed by atoms with E-state index in [2.05, 4.69) is 11.6 Å². The van der Waals surface area contributed by atoms with Gasteiger partial charge in [0, 0.05) is 11.6 Å². The van der Waals surface area contributed by atoms with Crippen LogP contribution in [0.3, 0.4) is 0 Å². The Morgan fingerprint density at radius 1 is 1.27 bits per heavy atom. The molecule has 0 bridgehead atoms. The lowest BCUT2D eigenvalue weighted by Crippen LogP contribution is -2.16. The number of fused-ring (bicyclic) bond motifs is 1. The summed E-state index contributed by atoms with van der Waals surface area (Å²) < 4.78 is 13.4. The fraction of sp³-hybridized carbons (Fsp3) is 0.158. The van der Waals surface area contributed by atoms with Crippen molar-refractivity contribution >= 4 is 39.1 Å². The predicted molar refractivity (Wildman–Crippen MR) is 104 cm³/mol. The zero-order valence-corrected chi connectivity index (χ0v) is 15.9. The number of rotatable bonds is 5. The zero-order chi connectivity index (χ0) is 18.7. The molecular formula is C19H17ClN2O3S. The summed E-state index contributed by atoms with van der Waals surface area (Å²) in [5.74, 6) is 0.599. The lowest BCUT2D eigenvalue weighted by molar-refractivity contribution is 0.0994. The van der Waals surface area contributed by atoms with E-state index in [1.165, 1.54) is 18.4 Å². The van der Waals surface area contributed by atoms with E-state index < -0.39 is 5.91 Å². The molecule has 0 saturated carbocycles. The molecule has 1 aromatic heterocycles. The Kier molecular flexibility index (Phi) is 5.44. The molecule has 0 unspecified atom stereocenters. The number of halogens is 1. The lowest BCUT2D eigenvalue weighted by Gasteiger charge is -2.07. The molecule has 0 radical (unpaired) electrons. The highest BCUT2D eigenvalue weighted by Crippen LogP contribution is 2.25. The minimum atomic E-state index is -0.406. The number of thiazole rings is 1. The van der Waals surface area contributed by atoms with Gasteiger partial charge in [0.25, 0.3) is 5.91 Å². The van der Waals surface area contributed by atoms with Crippen molar-refractivity contribution in [2.45, 2.75) is 6.54 Å². The second-order valence-electron chi connectivity index (χ2n) is 5.38. The summed E-state index contributed by atoms with van der Waals surface area (Å²) >= 11 is 7.48. The number of hydrogen-bond acceptors (Lipinski definition) is 4. The van der Waals surface area contributed by atoms with E-state index in [0.717, 1.165) is 10.2 Å². The van der Waals surface area contributed by atoms with Gasteiger partial charge in [0.05, 0.1) is 30.0 Å². The molecule has 0 saturated heterocycles. The number of methoxy groups -OCH3 is 2. The van der Waals surface area contributed by atoms with Crippen LogP contribution in [0.2, 0.25) is 5.02 Å². The van der Waals surface area contributed by atoms with Crippen molar-refractivity contribution in [2.24, 2.45) is 4.99 Å². The van der Waals surface area contributed by atoms with E-state index in [4.69, 9.17) is 21.1 Å². The van der Waals surface area contributed by atoms with Crippen molar-refractivity contribution in [3.8, 4) is 11.5 Å². The number of allylic oxidation sites excluding steroid dienone is 1. The van der Waals surface area contributed by atoms with Gasteiger partial charge < -0.3 is 14.0 Å². The molecule has 0 atom stereocenters.